The van der Waals surface area contributed by atoms with Crippen LogP contribution in [0.2, 0.25) is 0 Å². The molecule has 3 nitrogen and oxygen atoms in total. The average Bonchev–Trinajstić information content (AvgIpc) is 2.90. The normalized spacial score (nSPS) is 11.0. The average molecular weight is 298 g/mol. The lowest BCUT2D eigenvalue weighted by Gasteiger charge is -2.15. The third-order valence-electron chi connectivity index (χ3n) is 3.16. The first kappa shape index (κ1) is 13.8. The molecule has 108 valence electrons. The van der Waals surface area contributed by atoms with Crippen molar-refractivity contribution in [2.75, 3.05) is 11.1 Å². The lowest BCUT2D eigenvalue weighted by Crippen LogP contribution is -2.08. The van der Waals surface area contributed by atoms with Gasteiger partial charge in [-0.25, -0.2) is 0 Å². The third-order valence-corrected chi connectivity index (χ3v) is 4.06. The van der Waals surface area contributed by atoms with Crippen molar-refractivity contribution in [2.24, 2.45) is 0 Å². The summed E-state index contributed by atoms with van der Waals surface area (Å²) in [7, 11) is 0. The molecule has 3 rings (SSSR count). The predicted octanol–water partition coefficient (Wildman–Crippen LogP) is 5.01. The lowest BCUT2D eigenvalue weighted by atomic mass is 10.2. The summed E-state index contributed by atoms with van der Waals surface area (Å²) in [4.78, 5) is 0. The first-order valence-corrected chi connectivity index (χ1v) is 7.81. The number of para-hydroxylation sites is 1. The molecule has 2 aromatic carbocycles. The Labute approximate surface area is 128 Å². The van der Waals surface area contributed by atoms with E-state index in [-0.39, 0.29) is 6.10 Å². The molecule has 0 aliphatic carbocycles. The summed E-state index contributed by atoms with van der Waals surface area (Å²) in [5, 5.41) is 6.70. The van der Waals surface area contributed by atoms with Crippen molar-refractivity contribution in [1.82, 2.24) is 0 Å². The Balaban J connectivity index is 1.90. The van der Waals surface area contributed by atoms with Gasteiger partial charge in [0, 0.05) is 10.4 Å². The van der Waals surface area contributed by atoms with Gasteiger partial charge in [-0.05, 0) is 61.0 Å². The molecular weight excluding hydrogens is 280 g/mol. The molecule has 21 heavy (non-hydrogen) atoms. The molecule has 4 heteroatoms. The molecule has 1 heterocycles. The summed E-state index contributed by atoms with van der Waals surface area (Å²) in [5.74, 6) is 0.714. The van der Waals surface area contributed by atoms with Crippen LogP contribution in [0, 0.1) is 0 Å². The highest BCUT2D eigenvalue weighted by atomic mass is 32.1. The molecule has 0 amide bonds. The van der Waals surface area contributed by atoms with Crippen molar-refractivity contribution in [3.8, 4) is 5.75 Å². The van der Waals surface area contributed by atoms with Crippen molar-refractivity contribution in [3.63, 3.8) is 0 Å². The number of nitrogen functional groups attached to an aromatic ring is 1. The van der Waals surface area contributed by atoms with Gasteiger partial charge in [0.25, 0.3) is 0 Å². The number of nitrogens with one attached hydrogen (secondary N) is 1. The van der Waals surface area contributed by atoms with Gasteiger partial charge in [0.2, 0.25) is 0 Å². The minimum atomic E-state index is 0.102. The van der Waals surface area contributed by atoms with E-state index in [0.717, 1.165) is 11.4 Å². The number of rotatable bonds is 4. The molecule has 0 fully saturated rings. The summed E-state index contributed by atoms with van der Waals surface area (Å²) in [5.41, 5.74) is 8.71. The first-order chi connectivity index (χ1) is 10.1. The Bertz CT molecular complexity index is 764. The fourth-order valence-corrected chi connectivity index (χ4v) is 2.98. The molecule has 0 radical (unpaired) electrons. The van der Waals surface area contributed by atoms with Crippen LogP contribution < -0.4 is 15.8 Å². The highest BCUT2D eigenvalue weighted by Crippen LogP contribution is 2.33. The van der Waals surface area contributed by atoms with Crippen LogP contribution in [0.1, 0.15) is 13.8 Å². The minimum Gasteiger partial charge on any atom is -0.489 e. The Kier molecular flexibility index (Phi) is 3.71. The molecule has 3 N–H and O–H groups in total. The van der Waals surface area contributed by atoms with Gasteiger partial charge in [-0.15, -0.1) is 11.3 Å². The number of hydrogen-bond donors (Lipinski definition) is 2. The van der Waals surface area contributed by atoms with Crippen LogP contribution in [-0.2, 0) is 0 Å². The number of benzene rings is 2. The number of anilines is 3. The fraction of sp³-hybridized carbons (Fsp3) is 0.176. The van der Waals surface area contributed by atoms with E-state index in [0.29, 0.717) is 11.4 Å². The van der Waals surface area contributed by atoms with Crippen LogP contribution in [0.5, 0.6) is 5.75 Å². The maximum atomic E-state index is 6.19. The molecule has 0 saturated heterocycles. The molecule has 0 aliphatic heterocycles. The monoisotopic (exact) mass is 298 g/mol. The van der Waals surface area contributed by atoms with Crippen LogP contribution in [0.4, 0.5) is 17.1 Å². The quantitative estimate of drug-likeness (QED) is 0.665. The Hall–Kier alpha value is -2.20. The standard InChI is InChI=1S/C17H18N2OS/c1-11(2)20-15-5-3-4-14(17(15)18)19-13-6-7-16-12(10-13)8-9-21-16/h3-11,19H,18H2,1-2H3. The molecular formula is C17H18N2OS. The second kappa shape index (κ2) is 5.66. The van der Waals surface area contributed by atoms with Crippen molar-refractivity contribution < 1.29 is 4.74 Å². The van der Waals surface area contributed by atoms with Gasteiger partial charge in [0.05, 0.1) is 17.5 Å². The van der Waals surface area contributed by atoms with Gasteiger partial charge in [-0.1, -0.05) is 6.07 Å². The molecule has 0 spiro atoms. The van der Waals surface area contributed by atoms with E-state index in [1.165, 1.54) is 10.1 Å². The first-order valence-electron chi connectivity index (χ1n) is 6.93. The largest absolute Gasteiger partial charge is 0.489 e. The number of fused-ring (bicyclic) bond motifs is 1. The summed E-state index contributed by atoms with van der Waals surface area (Å²) in [6, 6.07) is 14.2. The van der Waals surface area contributed by atoms with E-state index < -0.39 is 0 Å². The molecule has 0 unspecified atom stereocenters. The zero-order chi connectivity index (χ0) is 14.8. The van der Waals surface area contributed by atoms with E-state index in [1.807, 2.05) is 32.0 Å². The van der Waals surface area contributed by atoms with Gasteiger partial charge in [0.15, 0.2) is 0 Å². The SMILES string of the molecule is CC(C)Oc1cccc(Nc2ccc3sccc3c2)c1N. The van der Waals surface area contributed by atoms with Crippen LogP contribution in [0.25, 0.3) is 10.1 Å². The second-order valence-electron chi connectivity index (χ2n) is 5.18. The van der Waals surface area contributed by atoms with Gasteiger partial charge < -0.3 is 15.8 Å². The zero-order valence-corrected chi connectivity index (χ0v) is 12.9. The molecule has 3 aromatic rings. The van der Waals surface area contributed by atoms with Crippen molar-refractivity contribution in [3.05, 3.63) is 47.8 Å². The number of nitrogens with two attached hydrogens (primary N) is 1. The summed E-state index contributed by atoms with van der Waals surface area (Å²) in [6.45, 7) is 3.98. The van der Waals surface area contributed by atoms with E-state index in [4.69, 9.17) is 10.5 Å². The number of thiophene rings is 1. The lowest BCUT2D eigenvalue weighted by molar-refractivity contribution is 0.244. The van der Waals surface area contributed by atoms with Gasteiger partial charge in [-0.2, -0.15) is 0 Å². The zero-order valence-electron chi connectivity index (χ0n) is 12.1. The van der Waals surface area contributed by atoms with Gasteiger partial charge in [0.1, 0.15) is 5.75 Å². The Morgan fingerprint density at radius 2 is 2.00 bits per heavy atom. The van der Waals surface area contributed by atoms with E-state index in [2.05, 4.69) is 35.0 Å². The minimum absolute atomic E-state index is 0.102. The van der Waals surface area contributed by atoms with Crippen molar-refractivity contribution in [2.45, 2.75) is 20.0 Å². The molecule has 0 bridgehead atoms. The van der Waals surface area contributed by atoms with E-state index in [9.17, 15) is 0 Å². The number of hydrogen-bond acceptors (Lipinski definition) is 4. The predicted molar refractivity (Wildman–Crippen MR) is 91.7 cm³/mol. The van der Waals surface area contributed by atoms with E-state index >= 15 is 0 Å². The van der Waals surface area contributed by atoms with Crippen molar-refractivity contribution >= 4 is 38.5 Å². The molecule has 0 atom stereocenters. The summed E-state index contributed by atoms with van der Waals surface area (Å²) in [6.07, 6.45) is 0.102. The molecule has 0 aliphatic rings. The Morgan fingerprint density at radius 3 is 2.81 bits per heavy atom. The van der Waals surface area contributed by atoms with Crippen LogP contribution in [0.15, 0.2) is 47.8 Å². The topological polar surface area (TPSA) is 47.3 Å². The highest BCUT2D eigenvalue weighted by molar-refractivity contribution is 7.17. The van der Waals surface area contributed by atoms with Crippen LogP contribution in [-0.4, -0.2) is 6.10 Å². The smallest absolute Gasteiger partial charge is 0.144 e. The van der Waals surface area contributed by atoms with Crippen molar-refractivity contribution in [1.29, 1.82) is 0 Å². The van der Waals surface area contributed by atoms with E-state index in [1.54, 1.807) is 11.3 Å². The maximum absolute atomic E-state index is 6.19. The number of ether oxygens (including phenoxy) is 1. The van der Waals surface area contributed by atoms with Crippen LogP contribution >= 0.6 is 11.3 Å². The third kappa shape index (κ3) is 2.95. The van der Waals surface area contributed by atoms with Crippen LogP contribution in [0.3, 0.4) is 0 Å². The second-order valence-corrected chi connectivity index (χ2v) is 6.13. The Morgan fingerprint density at radius 1 is 1.14 bits per heavy atom. The molecule has 0 saturated carbocycles. The fourth-order valence-electron chi connectivity index (χ4n) is 2.21. The van der Waals surface area contributed by atoms with Gasteiger partial charge >= 0.3 is 0 Å². The maximum Gasteiger partial charge on any atom is 0.144 e. The van der Waals surface area contributed by atoms with Gasteiger partial charge in [-0.3, -0.25) is 0 Å². The molecule has 1 aromatic heterocycles. The summed E-state index contributed by atoms with van der Waals surface area (Å²) >= 11 is 1.74. The highest BCUT2D eigenvalue weighted by Gasteiger charge is 2.08. The summed E-state index contributed by atoms with van der Waals surface area (Å²) < 4.78 is 7.00.